The zero-order chi connectivity index (χ0) is 15.9. The minimum Gasteiger partial charge on any atom is -0.360 e. The summed E-state index contributed by atoms with van der Waals surface area (Å²) < 4.78 is 24.8. The van der Waals surface area contributed by atoms with E-state index in [9.17, 15) is 18.5 Å². The summed E-state index contributed by atoms with van der Waals surface area (Å²) in [5.41, 5.74) is 0. The van der Waals surface area contributed by atoms with Gasteiger partial charge in [0.2, 0.25) is 5.82 Å². The topological polar surface area (TPSA) is 107 Å². The highest BCUT2D eigenvalue weighted by Gasteiger charge is 2.31. The van der Waals surface area contributed by atoms with E-state index in [0.717, 1.165) is 12.8 Å². The molecule has 2 unspecified atom stereocenters. The van der Waals surface area contributed by atoms with Gasteiger partial charge in [-0.2, -0.15) is 9.38 Å². The lowest BCUT2D eigenvalue weighted by Gasteiger charge is -2.28. The van der Waals surface area contributed by atoms with Gasteiger partial charge < -0.3 is 15.4 Å². The molecule has 0 radical (unpaired) electrons. The molecule has 0 aliphatic heterocycles. The molecule has 1 saturated carbocycles. The number of anilines is 1. The molecule has 8 nitrogen and oxygen atoms in total. The largest absolute Gasteiger partial charge is 0.372 e. The summed E-state index contributed by atoms with van der Waals surface area (Å²) in [6.07, 6.45) is 5.53. The first-order valence-corrected chi connectivity index (χ1v) is 9.75. The molecular formula is C12H16N4O4S2. The Kier molecular flexibility index (Phi) is 3.81. The lowest BCUT2D eigenvalue weighted by Crippen LogP contribution is -2.34. The summed E-state index contributed by atoms with van der Waals surface area (Å²) in [6.45, 7) is 0. The first-order valence-electron chi connectivity index (χ1n) is 6.91. The average molecular weight is 344 g/mol. The van der Waals surface area contributed by atoms with E-state index >= 15 is 0 Å². The van der Waals surface area contributed by atoms with Gasteiger partial charge >= 0.3 is 5.82 Å². The lowest BCUT2D eigenvalue weighted by molar-refractivity contribution is -0.389. The fourth-order valence-electron chi connectivity index (χ4n) is 2.90. The Morgan fingerprint density at radius 1 is 1.50 bits per heavy atom. The van der Waals surface area contributed by atoms with Crippen LogP contribution in [0.15, 0.2) is 11.6 Å². The van der Waals surface area contributed by atoms with Crippen molar-refractivity contribution in [2.24, 2.45) is 0 Å². The minimum atomic E-state index is -3.09. The average Bonchev–Trinajstić information content (AvgIpc) is 2.97. The molecule has 2 heterocycles. The minimum absolute atomic E-state index is 0.0993. The zero-order valence-corrected chi connectivity index (χ0v) is 13.6. The molecule has 0 saturated heterocycles. The van der Waals surface area contributed by atoms with Crippen molar-refractivity contribution in [3.63, 3.8) is 0 Å². The third kappa shape index (κ3) is 2.80. The van der Waals surface area contributed by atoms with Crippen LogP contribution >= 0.6 is 11.3 Å². The summed E-state index contributed by atoms with van der Waals surface area (Å²) in [7, 11) is -3.09. The van der Waals surface area contributed by atoms with Gasteiger partial charge in [0, 0.05) is 17.7 Å². The molecule has 0 amide bonds. The van der Waals surface area contributed by atoms with Crippen LogP contribution < -0.4 is 5.32 Å². The number of fused-ring (bicyclic) bond motifs is 1. The smallest absolute Gasteiger partial charge is 0.360 e. The fourth-order valence-corrected chi connectivity index (χ4v) is 4.79. The summed E-state index contributed by atoms with van der Waals surface area (Å²) in [6, 6.07) is -0.114. The SMILES string of the molecule is CS(=O)(=O)C1CCCC(Nc2nc3sccn3c2[N+](=O)[O-])C1. The molecule has 2 aromatic rings. The summed E-state index contributed by atoms with van der Waals surface area (Å²) >= 11 is 1.32. The van der Waals surface area contributed by atoms with Crippen molar-refractivity contribution in [1.82, 2.24) is 9.38 Å². The molecule has 2 aromatic heterocycles. The number of nitrogens with zero attached hydrogens (tertiary/aromatic N) is 3. The summed E-state index contributed by atoms with van der Waals surface area (Å²) in [4.78, 5) is 15.6. The fraction of sp³-hybridized carbons (Fsp3) is 0.583. The van der Waals surface area contributed by atoms with Crippen molar-refractivity contribution in [2.75, 3.05) is 11.6 Å². The summed E-state index contributed by atoms with van der Waals surface area (Å²) in [5, 5.41) is 15.7. The molecule has 1 aliphatic rings. The Morgan fingerprint density at radius 3 is 2.95 bits per heavy atom. The second kappa shape index (κ2) is 5.51. The van der Waals surface area contributed by atoms with Crippen molar-refractivity contribution < 1.29 is 13.3 Å². The molecular weight excluding hydrogens is 328 g/mol. The first-order chi connectivity index (χ1) is 10.4. The number of rotatable bonds is 4. The van der Waals surface area contributed by atoms with Gasteiger partial charge in [-0.15, -0.1) is 0 Å². The molecule has 2 atom stereocenters. The van der Waals surface area contributed by atoms with Crippen LogP contribution in [0.2, 0.25) is 0 Å². The maximum absolute atomic E-state index is 11.7. The standard InChI is InChI=1S/C12H16N4O4S2/c1-22(19,20)9-4-2-3-8(7-9)13-10-11(16(17)18)15-5-6-21-12(15)14-10/h5-6,8-9,13H,2-4,7H2,1H3. The third-order valence-corrected chi connectivity index (χ3v) is 6.38. The quantitative estimate of drug-likeness (QED) is 0.672. The highest BCUT2D eigenvalue weighted by atomic mass is 32.2. The Balaban J connectivity index is 1.85. The van der Waals surface area contributed by atoms with Crippen molar-refractivity contribution in [2.45, 2.75) is 37.0 Å². The first kappa shape index (κ1) is 15.2. The predicted molar refractivity (Wildman–Crippen MR) is 84.2 cm³/mol. The van der Waals surface area contributed by atoms with E-state index in [1.165, 1.54) is 22.0 Å². The van der Waals surface area contributed by atoms with Gasteiger partial charge in [-0.1, -0.05) is 17.8 Å². The molecule has 1 aliphatic carbocycles. The van der Waals surface area contributed by atoms with Gasteiger partial charge in [0.1, 0.15) is 16.0 Å². The van der Waals surface area contributed by atoms with Gasteiger partial charge in [-0.3, -0.25) is 0 Å². The van der Waals surface area contributed by atoms with Crippen molar-refractivity contribution in [3.8, 4) is 0 Å². The number of hydrogen-bond acceptors (Lipinski definition) is 7. The van der Waals surface area contributed by atoms with E-state index in [1.807, 2.05) is 0 Å². The lowest BCUT2D eigenvalue weighted by atomic mass is 9.95. The van der Waals surface area contributed by atoms with E-state index < -0.39 is 14.8 Å². The number of aromatic nitrogens is 2. The highest BCUT2D eigenvalue weighted by molar-refractivity contribution is 7.91. The molecule has 0 spiro atoms. The summed E-state index contributed by atoms with van der Waals surface area (Å²) in [5.74, 6) is 0.119. The van der Waals surface area contributed by atoms with Crippen LogP contribution in [0.4, 0.5) is 11.6 Å². The molecule has 3 rings (SSSR count). The Hall–Kier alpha value is -1.68. The van der Waals surface area contributed by atoms with Crippen molar-refractivity contribution >= 4 is 37.8 Å². The second-order valence-electron chi connectivity index (χ2n) is 5.56. The van der Waals surface area contributed by atoms with E-state index in [2.05, 4.69) is 10.3 Å². The van der Waals surface area contributed by atoms with Crippen LogP contribution in [-0.4, -0.2) is 40.3 Å². The highest BCUT2D eigenvalue weighted by Crippen LogP contribution is 2.32. The number of hydrogen-bond donors (Lipinski definition) is 1. The van der Waals surface area contributed by atoms with Crippen LogP contribution in [0.5, 0.6) is 0 Å². The molecule has 10 heteroatoms. The van der Waals surface area contributed by atoms with E-state index in [0.29, 0.717) is 17.8 Å². The molecule has 0 bridgehead atoms. The molecule has 1 fully saturated rings. The van der Waals surface area contributed by atoms with E-state index in [1.54, 1.807) is 11.6 Å². The number of thiazole rings is 1. The van der Waals surface area contributed by atoms with Gasteiger partial charge in [0.15, 0.2) is 0 Å². The molecule has 120 valence electrons. The third-order valence-electron chi connectivity index (χ3n) is 3.98. The van der Waals surface area contributed by atoms with Crippen LogP contribution in [0.1, 0.15) is 25.7 Å². The Bertz CT molecular complexity index is 810. The van der Waals surface area contributed by atoms with Gasteiger partial charge in [0.05, 0.1) is 5.25 Å². The number of nitro groups is 1. The zero-order valence-electron chi connectivity index (χ0n) is 11.9. The Morgan fingerprint density at radius 2 is 2.27 bits per heavy atom. The Labute approximate surface area is 131 Å². The van der Waals surface area contributed by atoms with Crippen molar-refractivity contribution in [3.05, 3.63) is 21.7 Å². The number of sulfone groups is 1. The maximum atomic E-state index is 11.7. The molecule has 22 heavy (non-hydrogen) atoms. The van der Waals surface area contributed by atoms with Gasteiger partial charge in [0.25, 0.3) is 4.96 Å². The number of imidazole rings is 1. The molecule has 1 N–H and O–H groups in total. The van der Waals surface area contributed by atoms with E-state index in [4.69, 9.17) is 0 Å². The predicted octanol–water partition coefficient (Wildman–Crippen LogP) is 2.07. The van der Waals surface area contributed by atoms with Gasteiger partial charge in [-0.25, -0.2) is 8.42 Å². The van der Waals surface area contributed by atoms with E-state index in [-0.39, 0.29) is 22.9 Å². The monoisotopic (exact) mass is 344 g/mol. The van der Waals surface area contributed by atoms with Crippen LogP contribution in [0.3, 0.4) is 0 Å². The molecule has 0 aromatic carbocycles. The van der Waals surface area contributed by atoms with Crippen LogP contribution in [-0.2, 0) is 9.84 Å². The normalized spacial score (nSPS) is 22.8. The van der Waals surface area contributed by atoms with Crippen LogP contribution in [0, 0.1) is 10.1 Å². The second-order valence-corrected chi connectivity index (χ2v) is 8.75. The van der Waals surface area contributed by atoms with Crippen molar-refractivity contribution in [1.29, 1.82) is 0 Å². The maximum Gasteiger partial charge on any atom is 0.372 e. The van der Waals surface area contributed by atoms with Gasteiger partial charge in [-0.05, 0) is 24.2 Å². The number of nitrogens with one attached hydrogen (secondary N) is 1. The van der Waals surface area contributed by atoms with Crippen LogP contribution in [0.25, 0.3) is 4.96 Å².